The molecule has 3 aromatic rings. The molecule has 1 N–H and O–H groups in total. The maximum Gasteiger partial charge on any atom is 0.422 e. The molecule has 0 aliphatic heterocycles. The lowest BCUT2D eigenvalue weighted by molar-refractivity contribution is -0.154. The van der Waals surface area contributed by atoms with Crippen molar-refractivity contribution in [2.45, 2.75) is 31.6 Å². The molecule has 0 spiro atoms. The molecule has 0 saturated heterocycles. The number of benzene rings is 2. The number of halogens is 6. The molecule has 3 rings (SSSR count). The Morgan fingerprint density at radius 1 is 0.912 bits per heavy atom. The van der Waals surface area contributed by atoms with Crippen LogP contribution in [-0.2, 0) is 11.6 Å². The number of alkyl halides is 6. The van der Waals surface area contributed by atoms with Crippen molar-refractivity contribution in [3.05, 3.63) is 59.7 Å². The molecular formula is C22H17F6N5O. The molecule has 1 aromatic heterocycles. The second-order valence-electron chi connectivity index (χ2n) is 7.69. The molecule has 6 nitrogen and oxygen atoms in total. The van der Waals surface area contributed by atoms with E-state index in [1.165, 1.54) is 6.07 Å². The van der Waals surface area contributed by atoms with E-state index in [-0.39, 0.29) is 17.5 Å². The van der Waals surface area contributed by atoms with Crippen LogP contribution in [0.2, 0.25) is 0 Å². The third kappa shape index (κ3) is 6.34. The van der Waals surface area contributed by atoms with Gasteiger partial charge in [0.05, 0.1) is 17.0 Å². The molecule has 0 saturated carbocycles. The summed E-state index contributed by atoms with van der Waals surface area (Å²) in [6.45, 7) is 1.75. The van der Waals surface area contributed by atoms with Gasteiger partial charge in [-0.2, -0.15) is 46.6 Å². The molecule has 0 atom stereocenters. The van der Waals surface area contributed by atoms with E-state index in [2.05, 4.69) is 31.1 Å². The maximum atomic E-state index is 13.0. The van der Waals surface area contributed by atoms with Crippen LogP contribution in [0.15, 0.2) is 48.5 Å². The number of anilines is 2. The Morgan fingerprint density at radius 2 is 1.59 bits per heavy atom. The van der Waals surface area contributed by atoms with E-state index >= 15 is 0 Å². The van der Waals surface area contributed by atoms with Crippen molar-refractivity contribution in [3.63, 3.8) is 0 Å². The van der Waals surface area contributed by atoms with E-state index in [0.29, 0.717) is 11.1 Å². The minimum atomic E-state index is -4.66. The number of hydrogen-bond donors (Lipinski definition) is 1. The summed E-state index contributed by atoms with van der Waals surface area (Å²) in [5.41, 5.74) is -0.710. The van der Waals surface area contributed by atoms with Gasteiger partial charge in [0.25, 0.3) is 0 Å². The van der Waals surface area contributed by atoms with E-state index in [1.807, 2.05) is 0 Å². The fraction of sp³-hybridized carbons (Fsp3) is 0.273. The fourth-order valence-corrected chi connectivity index (χ4v) is 2.76. The largest absolute Gasteiger partial charge is 0.454 e. The number of ether oxygens (including phenoxy) is 1. The zero-order chi connectivity index (χ0) is 25.1. The summed E-state index contributed by atoms with van der Waals surface area (Å²) >= 11 is 0. The van der Waals surface area contributed by atoms with E-state index in [4.69, 9.17) is 0 Å². The van der Waals surface area contributed by atoms with Crippen LogP contribution >= 0.6 is 0 Å². The van der Waals surface area contributed by atoms with E-state index < -0.39 is 35.9 Å². The lowest BCUT2D eigenvalue weighted by Crippen LogP contribution is -2.20. The van der Waals surface area contributed by atoms with Gasteiger partial charge in [-0.05, 0) is 37.6 Å². The van der Waals surface area contributed by atoms with E-state index in [0.717, 1.165) is 18.2 Å². The Hall–Kier alpha value is -3.88. The van der Waals surface area contributed by atoms with Crippen molar-refractivity contribution in [1.82, 2.24) is 15.0 Å². The first-order chi connectivity index (χ1) is 15.8. The minimum Gasteiger partial charge on any atom is -0.454 e. The topological polar surface area (TPSA) is 83.7 Å². The standard InChI is InChI=1S/C22H17F6N5O/c1-20(2,11-29)14-8-6-13(7-9-14)17-31-18(33-19(32-17)34-12-21(23,24)25)30-16-5-3-4-15(10-16)22(26,27)28/h3-10H,12H2,1-2H3,(H,30,31,32,33). The van der Waals surface area contributed by atoms with Crippen molar-refractivity contribution < 1.29 is 31.1 Å². The molecule has 2 aromatic carbocycles. The molecule has 0 bridgehead atoms. The highest BCUT2D eigenvalue weighted by molar-refractivity contribution is 5.61. The molecule has 0 unspecified atom stereocenters. The number of nitrogens with zero attached hydrogens (tertiary/aromatic N) is 4. The van der Waals surface area contributed by atoms with Gasteiger partial charge in [-0.15, -0.1) is 0 Å². The third-order valence-electron chi connectivity index (χ3n) is 4.57. The average Bonchev–Trinajstić information content (AvgIpc) is 2.77. The second-order valence-corrected chi connectivity index (χ2v) is 7.69. The van der Waals surface area contributed by atoms with Crippen molar-refractivity contribution in [1.29, 1.82) is 5.26 Å². The van der Waals surface area contributed by atoms with E-state index in [9.17, 15) is 31.6 Å². The van der Waals surface area contributed by atoms with Crippen LogP contribution in [0, 0.1) is 11.3 Å². The van der Waals surface area contributed by atoms with Gasteiger partial charge in [0, 0.05) is 11.3 Å². The second kappa shape index (κ2) is 9.17. The Morgan fingerprint density at radius 3 is 2.18 bits per heavy atom. The predicted molar refractivity (Wildman–Crippen MR) is 110 cm³/mol. The summed E-state index contributed by atoms with van der Waals surface area (Å²) in [5.74, 6) is -0.397. The molecule has 34 heavy (non-hydrogen) atoms. The Bertz CT molecular complexity index is 1200. The molecule has 1 heterocycles. The Balaban J connectivity index is 1.98. The highest BCUT2D eigenvalue weighted by Crippen LogP contribution is 2.32. The number of nitriles is 1. The highest BCUT2D eigenvalue weighted by atomic mass is 19.4. The molecule has 12 heteroatoms. The zero-order valence-corrected chi connectivity index (χ0v) is 17.8. The maximum absolute atomic E-state index is 13.0. The Kier molecular flexibility index (Phi) is 6.67. The molecule has 0 amide bonds. The third-order valence-corrected chi connectivity index (χ3v) is 4.57. The molecule has 0 aliphatic carbocycles. The molecule has 0 radical (unpaired) electrons. The lowest BCUT2D eigenvalue weighted by atomic mass is 9.86. The first kappa shape index (κ1) is 24.8. The predicted octanol–water partition coefficient (Wildman–Crippen LogP) is 6.04. The van der Waals surface area contributed by atoms with Crippen LogP contribution in [0.1, 0.15) is 25.0 Å². The quantitative estimate of drug-likeness (QED) is 0.432. The molecule has 178 valence electrons. The SMILES string of the molecule is CC(C)(C#N)c1ccc(-c2nc(Nc3cccc(C(F)(F)F)c3)nc(OCC(F)(F)F)n2)cc1. The normalized spacial score (nSPS) is 12.2. The van der Waals surface area contributed by atoms with Crippen molar-refractivity contribution in [3.8, 4) is 23.5 Å². The molecular weight excluding hydrogens is 464 g/mol. The average molecular weight is 481 g/mol. The molecule has 0 aliphatic rings. The first-order valence-electron chi connectivity index (χ1n) is 9.69. The number of aromatic nitrogens is 3. The summed E-state index contributed by atoms with van der Waals surface area (Å²) in [4.78, 5) is 11.7. The van der Waals surface area contributed by atoms with Crippen molar-refractivity contribution >= 4 is 11.6 Å². The van der Waals surface area contributed by atoms with Gasteiger partial charge in [0.2, 0.25) is 5.95 Å². The van der Waals surface area contributed by atoms with Gasteiger partial charge >= 0.3 is 18.4 Å². The van der Waals surface area contributed by atoms with Gasteiger partial charge < -0.3 is 10.1 Å². The van der Waals surface area contributed by atoms with Crippen LogP contribution in [-0.4, -0.2) is 27.7 Å². The summed E-state index contributed by atoms with van der Waals surface area (Å²) in [7, 11) is 0. The smallest absolute Gasteiger partial charge is 0.422 e. The number of nitrogens with one attached hydrogen (secondary N) is 1. The van der Waals surface area contributed by atoms with Gasteiger partial charge in [-0.1, -0.05) is 30.3 Å². The van der Waals surface area contributed by atoms with Crippen LogP contribution in [0.5, 0.6) is 6.01 Å². The van der Waals surface area contributed by atoms with Crippen LogP contribution in [0.4, 0.5) is 38.0 Å². The van der Waals surface area contributed by atoms with Gasteiger partial charge in [0.15, 0.2) is 12.4 Å². The lowest BCUT2D eigenvalue weighted by Gasteiger charge is -2.16. The van der Waals surface area contributed by atoms with Crippen LogP contribution in [0.3, 0.4) is 0 Å². The number of hydrogen-bond acceptors (Lipinski definition) is 6. The van der Waals surface area contributed by atoms with Crippen molar-refractivity contribution in [2.24, 2.45) is 0 Å². The van der Waals surface area contributed by atoms with Gasteiger partial charge in [-0.25, -0.2) is 0 Å². The van der Waals surface area contributed by atoms with Crippen molar-refractivity contribution in [2.75, 3.05) is 11.9 Å². The van der Waals surface area contributed by atoms with Gasteiger partial charge in [-0.3, -0.25) is 0 Å². The Labute approximate surface area is 190 Å². The van der Waals surface area contributed by atoms with Gasteiger partial charge in [0.1, 0.15) is 0 Å². The monoisotopic (exact) mass is 481 g/mol. The van der Waals surface area contributed by atoms with Crippen LogP contribution in [0.25, 0.3) is 11.4 Å². The summed E-state index contributed by atoms with van der Waals surface area (Å²) in [6.07, 6.45) is -9.26. The minimum absolute atomic E-state index is 0.0418. The summed E-state index contributed by atoms with van der Waals surface area (Å²) < 4.78 is 81.5. The summed E-state index contributed by atoms with van der Waals surface area (Å²) in [5, 5.41) is 11.8. The molecule has 0 fully saturated rings. The first-order valence-corrected chi connectivity index (χ1v) is 9.69. The fourth-order valence-electron chi connectivity index (χ4n) is 2.76. The summed E-state index contributed by atoms with van der Waals surface area (Å²) in [6, 6.07) is 12.0. The zero-order valence-electron chi connectivity index (χ0n) is 17.8. The highest BCUT2D eigenvalue weighted by Gasteiger charge is 2.31. The van der Waals surface area contributed by atoms with Crippen LogP contribution < -0.4 is 10.1 Å². The van der Waals surface area contributed by atoms with E-state index in [1.54, 1.807) is 38.1 Å². The number of rotatable bonds is 6.